The Morgan fingerprint density at radius 3 is 2.52 bits per heavy atom. The van der Waals surface area contributed by atoms with Gasteiger partial charge in [0.15, 0.2) is 0 Å². The van der Waals surface area contributed by atoms with Crippen molar-refractivity contribution in [3.63, 3.8) is 0 Å². The average Bonchev–Trinajstić information content (AvgIpc) is 3.06. The summed E-state index contributed by atoms with van der Waals surface area (Å²) in [6.45, 7) is 4.94. The van der Waals surface area contributed by atoms with E-state index in [4.69, 9.17) is 15.5 Å². The maximum Gasteiger partial charge on any atom is 0.137 e. The van der Waals surface area contributed by atoms with E-state index in [-0.39, 0.29) is 6.10 Å². The van der Waals surface area contributed by atoms with Gasteiger partial charge in [-0.3, -0.25) is 4.90 Å². The Morgan fingerprint density at radius 1 is 1.10 bits per heavy atom. The van der Waals surface area contributed by atoms with Crippen LogP contribution in [0.15, 0.2) is 42.6 Å². The number of imidazole rings is 1. The number of nitrogens with zero attached hydrogens (tertiary/aromatic N) is 3. The molecular formula is C24H32N4O. The highest BCUT2D eigenvalue weighted by Crippen LogP contribution is 2.30. The fourth-order valence-electron chi connectivity index (χ4n) is 4.34. The van der Waals surface area contributed by atoms with Gasteiger partial charge in [0, 0.05) is 30.0 Å². The van der Waals surface area contributed by atoms with Crippen LogP contribution in [0.25, 0.3) is 16.9 Å². The summed E-state index contributed by atoms with van der Waals surface area (Å²) >= 11 is 0. The second kappa shape index (κ2) is 8.46. The highest BCUT2D eigenvalue weighted by Gasteiger charge is 2.22. The van der Waals surface area contributed by atoms with Gasteiger partial charge in [-0.1, -0.05) is 19.3 Å². The summed E-state index contributed by atoms with van der Waals surface area (Å²) < 4.78 is 7.96. The molecule has 0 amide bonds. The summed E-state index contributed by atoms with van der Waals surface area (Å²) in [5.41, 5.74) is 11.1. The Bertz CT molecular complexity index is 955. The van der Waals surface area contributed by atoms with Crippen LogP contribution < -0.4 is 10.5 Å². The lowest BCUT2D eigenvalue weighted by atomic mass is 9.94. The molecular weight excluding hydrogens is 360 g/mol. The number of nitrogens with two attached hydrogens (primary N) is 1. The highest BCUT2D eigenvalue weighted by atomic mass is 16.5. The van der Waals surface area contributed by atoms with Crippen LogP contribution in [0.5, 0.6) is 5.75 Å². The number of rotatable bonds is 6. The number of aromatic nitrogens is 2. The molecule has 1 aromatic carbocycles. The van der Waals surface area contributed by atoms with Crippen molar-refractivity contribution < 1.29 is 4.74 Å². The summed E-state index contributed by atoms with van der Waals surface area (Å²) in [5, 5.41) is 0. The molecule has 1 saturated carbocycles. The van der Waals surface area contributed by atoms with Gasteiger partial charge in [0.1, 0.15) is 11.4 Å². The number of ether oxygens (including phenoxy) is 1. The summed E-state index contributed by atoms with van der Waals surface area (Å²) in [6, 6.07) is 12.8. The van der Waals surface area contributed by atoms with Crippen LogP contribution in [0.2, 0.25) is 0 Å². The lowest BCUT2D eigenvalue weighted by Gasteiger charge is -2.31. The molecule has 1 fully saturated rings. The third-order valence-corrected chi connectivity index (χ3v) is 5.84. The molecule has 5 heteroatoms. The molecule has 1 aliphatic carbocycles. The first-order valence-electron chi connectivity index (χ1n) is 10.7. The standard InChI is InChI=1S/C24H32N4O/c1-17(2)29-21-12-9-18(10-13-21)24-22(16-27(3)20-7-5-4-6-8-20)28-15-19(25)11-14-23(28)26-24/h9-15,17,20H,4-8,16,25H2,1-3H3. The number of hydrogen-bond donors (Lipinski definition) is 1. The Morgan fingerprint density at radius 2 is 1.83 bits per heavy atom. The number of benzene rings is 1. The average molecular weight is 393 g/mol. The molecule has 0 radical (unpaired) electrons. The van der Waals surface area contributed by atoms with E-state index in [9.17, 15) is 0 Å². The van der Waals surface area contributed by atoms with E-state index in [1.54, 1.807) is 0 Å². The molecule has 1 aliphatic rings. The fraction of sp³-hybridized carbons (Fsp3) is 0.458. The molecule has 2 aromatic heterocycles. The molecule has 3 aromatic rings. The number of pyridine rings is 1. The summed E-state index contributed by atoms with van der Waals surface area (Å²) in [6.07, 6.45) is 8.76. The number of hydrogen-bond acceptors (Lipinski definition) is 4. The topological polar surface area (TPSA) is 55.8 Å². The van der Waals surface area contributed by atoms with Gasteiger partial charge in [0.05, 0.1) is 17.5 Å². The van der Waals surface area contributed by atoms with Crippen LogP contribution in [0.3, 0.4) is 0 Å². The van der Waals surface area contributed by atoms with Crippen molar-refractivity contribution >= 4 is 11.3 Å². The monoisotopic (exact) mass is 392 g/mol. The fourth-order valence-corrected chi connectivity index (χ4v) is 4.34. The third-order valence-electron chi connectivity index (χ3n) is 5.84. The Hall–Kier alpha value is -2.53. The largest absolute Gasteiger partial charge is 0.491 e. The van der Waals surface area contributed by atoms with Crippen LogP contribution in [0.4, 0.5) is 5.69 Å². The lowest BCUT2D eigenvalue weighted by molar-refractivity contribution is 0.182. The molecule has 154 valence electrons. The van der Waals surface area contributed by atoms with E-state index in [0.717, 1.165) is 34.9 Å². The van der Waals surface area contributed by atoms with Gasteiger partial charge in [-0.25, -0.2) is 4.98 Å². The summed E-state index contributed by atoms with van der Waals surface area (Å²) in [5.74, 6) is 0.887. The number of fused-ring (bicyclic) bond motifs is 1. The van der Waals surface area contributed by atoms with Gasteiger partial charge in [-0.2, -0.15) is 0 Å². The van der Waals surface area contributed by atoms with Gasteiger partial charge in [-0.15, -0.1) is 0 Å². The first-order valence-corrected chi connectivity index (χ1v) is 10.7. The van der Waals surface area contributed by atoms with Crippen LogP contribution in [-0.4, -0.2) is 33.5 Å². The lowest BCUT2D eigenvalue weighted by Crippen LogP contribution is -2.33. The molecule has 0 saturated heterocycles. The van der Waals surface area contributed by atoms with Crippen molar-refractivity contribution in [1.29, 1.82) is 0 Å². The minimum absolute atomic E-state index is 0.165. The van der Waals surface area contributed by atoms with E-state index < -0.39 is 0 Å². The molecule has 5 nitrogen and oxygen atoms in total. The number of anilines is 1. The zero-order valence-electron chi connectivity index (χ0n) is 17.8. The highest BCUT2D eigenvalue weighted by molar-refractivity contribution is 5.68. The maximum atomic E-state index is 6.10. The van der Waals surface area contributed by atoms with Crippen LogP contribution in [0.1, 0.15) is 51.6 Å². The van der Waals surface area contributed by atoms with Gasteiger partial charge in [0.25, 0.3) is 0 Å². The third kappa shape index (κ3) is 4.40. The smallest absolute Gasteiger partial charge is 0.137 e. The first-order chi connectivity index (χ1) is 14.0. The normalized spacial score (nSPS) is 15.5. The van der Waals surface area contributed by atoms with Crippen molar-refractivity contribution in [1.82, 2.24) is 14.3 Å². The minimum Gasteiger partial charge on any atom is -0.491 e. The predicted octanol–water partition coefficient (Wildman–Crippen LogP) is 5.14. The second-order valence-electron chi connectivity index (χ2n) is 8.50. The molecule has 29 heavy (non-hydrogen) atoms. The zero-order valence-corrected chi connectivity index (χ0v) is 17.8. The first kappa shape index (κ1) is 19.8. The molecule has 4 rings (SSSR count). The molecule has 2 N–H and O–H groups in total. The van der Waals surface area contributed by atoms with Crippen molar-refractivity contribution in [3.05, 3.63) is 48.3 Å². The van der Waals surface area contributed by atoms with Crippen LogP contribution in [-0.2, 0) is 6.54 Å². The van der Waals surface area contributed by atoms with Crippen molar-refractivity contribution in [2.75, 3.05) is 12.8 Å². The van der Waals surface area contributed by atoms with Gasteiger partial charge >= 0.3 is 0 Å². The van der Waals surface area contributed by atoms with E-state index in [1.165, 1.54) is 37.8 Å². The molecule has 0 bridgehead atoms. The zero-order chi connectivity index (χ0) is 20.4. The number of nitrogen functional groups attached to an aromatic ring is 1. The van der Waals surface area contributed by atoms with Crippen molar-refractivity contribution in [2.24, 2.45) is 0 Å². The molecule has 0 spiro atoms. The molecule has 2 heterocycles. The van der Waals surface area contributed by atoms with Crippen molar-refractivity contribution in [2.45, 2.75) is 64.6 Å². The predicted molar refractivity (Wildman–Crippen MR) is 119 cm³/mol. The molecule has 0 atom stereocenters. The van der Waals surface area contributed by atoms with Gasteiger partial charge in [0.2, 0.25) is 0 Å². The van der Waals surface area contributed by atoms with Gasteiger partial charge in [-0.05, 0) is 70.1 Å². The minimum atomic E-state index is 0.165. The Balaban J connectivity index is 1.70. The second-order valence-corrected chi connectivity index (χ2v) is 8.50. The molecule has 0 unspecified atom stereocenters. The van der Waals surface area contributed by atoms with Gasteiger partial charge < -0.3 is 14.9 Å². The Kier molecular flexibility index (Phi) is 5.76. The van der Waals surface area contributed by atoms with E-state index in [1.807, 2.05) is 44.3 Å². The van der Waals surface area contributed by atoms with E-state index in [0.29, 0.717) is 6.04 Å². The van der Waals surface area contributed by atoms with Crippen molar-refractivity contribution in [3.8, 4) is 17.0 Å². The van der Waals surface area contributed by atoms with Crippen LogP contribution >= 0.6 is 0 Å². The SMILES string of the molecule is CC(C)Oc1ccc(-c2nc3ccc(N)cn3c2CN(C)C2CCCCC2)cc1. The summed E-state index contributed by atoms with van der Waals surface area (Å²) in [7, 11) is 2.24. The van der Waals surface area contributed by atoms with E-state index >= 15 is 0 Å². The quantitative estimate of drug-likeness (QED) is 0.631. The Labute approximate surface area is 173 Å². The maximum absolute atomic E-state index is 6.10. The van der Waals surface area contributed by atoms with E-state index in [2.05, 4.69) is 28.5 Å². The molecule has 0 aliphatic heterocycles. The van der Waals surface area contributed by atoms with Crippen LogP contribution in [0, 0.1) is 0 Å². The summed E-state index contributed by atoms with van der Waals surface area (Å²) in [4.78, 5) is 7.44.